The molecule has 2 fully saturated rings. The van der Waals surface area contributed by atoms with Crippen LogP contribution in [0.5, 0.6) is 0 Å². The summed E-state index contributed by atoms with van der Waals surface area (Å²) in [7, 11) is 3.82. The SMILES string of the molecule is COCCN1CC[C@]2(CCC1=O)CN(c1cc(C#N)ccn1)CCN2C. The molecule has 0 N–H and O–H groups in total. The lowest BCUT2D eigenvalue weighted by Gasteiger charge is -2.49. The number of hydrogen-bond donors (Lipinski definition) is 0. The van der Waals surface area contributed by atoms with E-state index >= 15 is 0 Å². The van der Waals surface area contributed by atoms with Crippen LogP contribution < -0.4 is 4.90 Å². The third-order valence-electron chi connectivity index (χ3n) is 5.77. The largest absolute Gasteiger partial charge is 0.383 e. The van der Waals surface area contributed by atoms with Crippen LogP contribution in [-0.4, -0.2) is 79.7 Å². The summed E-state index contributed by atoms with van der Waals surface area (Å²) in [6.07, 6.45) is 4.04. The summed E-state index contributed by atoms with van der Waals surface area (Å²) in [5.41, 5.74) is 0.588. The van der Waals surface area contributed by atoms with Crippen LogP contribution in [0.3, 0.4) is 0 Å². The van der Waals surface area contributed by atoms with Gasteiger partial charge in [-0.3, -0.25) is 9.69 Å². The van der Waals surface area contributed by atoms with E-state index in [1.54, 1.807) is 19.4 Å². The lowest BCUT2D eigenvalue weighted by atomic mass is 9.86. The number of aromatic nitrogens is 1. The first-order valence-corrected chi connectivity index (χ1v) is 9.17. The van der Waals surface area contributed by atoms with Crippen molar-refractivity contribution in [3.05, 3.63) is 23.9 Å². The lowest BCUT2D eigenvalue weighted by molar-refractivity contribution is -0.131. The van der Waals surface area contributed by atoms with Gasteiger partial charge in [0.25, 0.3) is 0 Å². The normalized spacial score (nSPS) is 24.6. The van der Waals surface area contributed by atoms with Crippen LogP contribution in [0.4, 0.5) is 5.82 Å². The zero-order valence-electron chi connectivity index (χ0n) is 15.6. The maximum atomic E-state index is 12.5. The number of anilines is 1. The van der Waals surface area contributed by atoms with E-state index in [0.29, 0.717) is 25.1 Å². The summed E-state index contributed by atoms with van der Waals surface area (Å²) in [6, 6.07) is 5.77. The average molecular weight is 357 g/mol. The Hall–Kier alpha value is -2.17. The van der Waals surface area contributed by atoms with Crippen LogP contribution in [0.1, 0.15) is 24.8 Å². The quantitative estimate of drug-likeness (QED) is 0.804. The molecule has 1 spiro atoms. The number of ether oxygens (including phenoxy) is 1. The molecule has 26 heavy (non-hydrogen) atoms. The van der Waals surface area contributed by atoms with Crippen molar-refractivity contribution >= 4 is 11.7 Å². The third kappa shape index (κ3) is 3.81. The van der Waals surface area contributed by atoms with E-state index in [4.69, 9.17) is 10.00 Å². The molecule has 2 saturated heterocycles. The minimum absolute atomic E-state index is 0.0416. The second-order valence-electron chi connectivity index (χ2n) is 7.21. The molecule has 1 aromatic rings. The molecule has 2 aliphatic heterocycles. The van der Waals surface area contributed by atoms with E-state index in [-0.39, 0.29) is 11.4 Å². The molecule has 7 nitrogen and oxygen atoms in total. The van der Waals surface area contributed by atoms with Crippen molar-refractivity contribution in [2.45, 2.75) is 24.8 Å². The second-order valence-corrected chi connectivity index (χ2v) is 7.21. The molecule has 0 aliphatic carbocycles. The number of methoxy groups -OCH3 is 1. The molecule has 1 amide bonds. The van der Waals surface area contributed by atoms with Crippen LogP contribution in [0, 0.1) is 11.3 Å². The predicted molar refractivity (Wildman–Crippen MR) is 98.8 cm³/mol. The molecule has 0 unspecified atom stereocenters. The van der Waals surface area contributed by atoms with E-state index in [0.717, 1.165) is 44.8 Å². The molecule has 3 heterocycles. The number of carbonyl (C=O) groups excluding carboxylic acids is 1. The molecule has 1 atom stereocenters. The fourth-order valence-corrected chi connectivity index (χ4v) is 3.99. The molecule has 2 aliphatic rings. The Morgan fingerprint density at radius 2 is 2.19 bits per heavy atom. The summed E-state index contributed by atoms with van der Waals surface area (Å²) in [4.78, 5) is 23.5. The summed E-state index contributed by atoms with van der Waals surface area (Å²) < 4.78 is 5.14. The monoisotopic (exact) mass is 357 g/mol. The van der Waals surface area contributed by atoms with Gasteiger partial charge >= 0.3 is 0 Å². The van der Waals surface area contributed by atoms with Crippen molar-refractivity contribution in [2.75, 3.05) is 58.4 Å². The van der Waals surface area contributed by atoms with Crippen molar-refractivity contribution in [3.63, 3.8) is 0 Å². The number of rotatable bonds is 4. The van der Waals surface area contributed by atoms with Gasteiger partial charge in [0.1, 0.15) is 5.82 Å². The topological polar surface area (TPSA) is 72.7 Å². The van der Waals surface area contributed by atoms with Gasteiger partial charge in [0.15, 0.2) is 0 Å². The highest BCUT2D eigenvalue weighted by Gasteiger charge is 2.42. The van der Waals surface area contributed by atoms with Crippen LogP contribution in [0.2, 0.25) is 0 Å². The summed E-state index contributed by atoms with van der Waals surface area (Å²) in [5, 5.41) is 9.15. The van der Waals surface area contributed by atoms with Crippen molar-refractivity contribution < 1.29 is 9.53 Å². The Morgan fingerprint density at radius 1 is 1.35 bits per heavy atom. The molecule has 1 aromatic heterocycles. The smallest absolute Gasteiger partial charge is 0.222 e. The van der Waals surface area contributed by atoms with Crippen LogP contribution >= 0.6 is 0 Å². The third-order valence-corrected chi connectivity index (χ3v) is 5.77. The first-order valence-electron chi connectivity index (χ1n) is 9.17. The van der Waals surface area contributed by atoms with Gasteiger partial charge in [-0.15, -0.1) is 0 Å². The number of hydrogen-bond acceptors (Lipinski definition) is 6. The van der Waals surface area contributed by atoms with Crippen molar-refractivity contribution in [1.82, 2.24) is 14.8 Å². The Balaban J connectivity index is 1.77. The summed E-state index contributed by atoms with van der Waals surface area (Å²) in [6.45, 7) is 4.62. The van der Waals surface area contributed by atoms with Crippen LogP contribution in [-0.2, 0) is 9.53 Å². The van der Waals surface area contributed by atoms with Crippen molar-refractivity contribution in [2.24, 2.45) is 0 Å². The van der Waals surface area contributed by atoms with Crippen LogP contribution in [0.15, 0.2) is 18.3 Å². The summed E-state index contributed by atoms with van der Waals surface area (Å²) in [5.74, 6) is 1.07. The van der Waals surface area contributed by atoms with Gasteiger partial charge in [-0.2, -0.15) is 5.26 Å². The minimum atomic E-state index is -0.0416. The Labute approximate surface area is 155 Å². The van der Waals surface area contributed by atoms with Gasteiger partial charge < -0.3 is 14.5 Å². The molecule has 0 aromatic carbocycles. The Kier molecular flexibility index (Phi) is 5.74. The molecule has 0 radical (unpaired) electrons. The Bertz CT molecular complexity index is 689. The van der Waals surface area contributed by atoms with Gasteiger partial charge in [-0.25, -0.2) is 4.98 Å². The first kappa shape index (κ1) is 18.6. The first-order chi connectivity index (χ1) is 12.6. The molecule has 0 saturated carbocycles. The van der Waals surface area contributed by atoms with Gasteiger partial charge in [-0.1, -0.05) is 0 Å². The van der Waals surface area contributed by atoms with Gasteiger partial charge in [0.05, 0.1) is 18.2 Å². The second kappa shape index (κ2) is 8.02. The Morgan fingerprint density at radius 3 is 2.96 bits per heavy atom. The van der Waals surface area contributed by atoms with Gasteiger partial charge in [0, 0.05) is 58.0 Å². The number of nitrogens with zero attached hydrogens (tertiary/aromatic N) is 5. The molecule has 0 bridgehead atoms. The highest BCUT2D eigenvalue weighted by atomic mass is 16.5. The predicted octanol–water partition coefficient (Wildman–Crippen LogP) is 1.10. The van der Waals surface area contributed by atoms with Gasteiger partial charge in [0.2, 0.25) is 5.91 Å². The number of amides is 1. The van der Waals surface area contributed by atoms with E-state index in [1.165, 1.54) is 0 Å². The number of pyridine rings is 1. The number of piperazine rings is 1. The highest BCUT2D eigenvalue weighted by molar-refractivity contribution is 5.76. The van der Waals surface area contributed by atoms with E-state index in [9.17, 15) is 4.79 Å². The van der Waals surface area contributed by atoms with Crippen molar-refractivity contribution in [1.29, 1.82) is 5.26 Å². The fraction of sp³-hybridized carbons (Fsp3) is 0.632. The van der Waals surface area contributed by atoms with Gasteiger partial charge in [-0.05, 0) is 32.0 Å². The molecular formula is C19H27N5O2. The highest BCUT2D eigenvalue weighted by Crippen LogP contribution is 2.33. The van der Waals surface area contributed by atoms with E-state index in [1.807, 2.05) is 11.0 Å². The molecule has 3 rings (SSSR count). The number of likely N-dealkylation sites (N-methyl/N-ethyl adjacent to an activating group) is 1. The number of likely N-dealkylation sites (tertiary alicyclic amines) is 1. The summed E-state index contributed by atoms with van der Waals surface area (Å²) >= 11 is 0. The zero-order chi connectivity index (χ0) is 18.6. The number of nitriles is 1. The van der Waals surface area contributed by atoms with Crippen LogP contribution in [0.25, 0.3) is 0 Å². The number of carbonyl (C=O) groups is 1. The zero-order valence-corrected chi connectivity index (χ0v) is 15.6. The maximum Gasteiger partial charge on any atom is 0.222 e. The minimum Gasteiger partial charge on any atom is -0.383 e. The maximum absolute atomic E-state index is 12.5. The molecular weight excluding hydrogens is 330 g/mol. The standard InChI is InChI=1S/C19H27N5O2/c1-22-9-10-24(17-13-16(14-20)4-7-21-17)15-19(22)5-3-18(25)23(8-6-19)11-12-26-2/h4,7,13H,3,5-6,8-12,15H2,1-2H3/t19-/m1/s1. The fourth-order valence-electron chi connectivity index (χ4n) is 3.99. The van der Waals surface area contributed by atoms with E-state index < -0.39 is 0 Å². The van der Waals surface area contributed by atoms with E-state index in [2.05, 4.69) is 27.9 Å². The molecule has 140 valence electrons. The van der Waals surface area contributed by atoms with Crippen molar-refractivity contribution in [3.8, 4) is 6.07 Å². The average Bonchev–Trinajstić information content (AvgIpc) is 2.82. The lowest BCUT2D eigenvalue weighted by Crippen LogP contribution is -2.61. The molecule has 7 heteroatoms.